The molecule has 4 nitrogen and oxygen atoms in total. The van der Waals surface area contributed by atoms with Crippen molar-refractivity contribution in [2.75, 3.05) is 37.6 Å². The lowest BCUT2D eigenvalue weighted by Gasteiger charge is -2.36. The normalized spacial score (nSPS) is 15.5. The van der Waals surface area contributed by atoms with E-state index in [0.29, 0.717) is 0 Å². The van der Waals surface area contributed by atoms with Gasteiger partial charge in [-0.05, 0) is 50.9 Å². The molecule has 24 heavy (non-hydrogen) atoms. The van der Waals surface area contributed by atoms with E-state index in [-0.39, 0.29) is 0 Å². The van der Waals surface area contributed by atoms with Crippen LogP contribution in [-0.4, -0.2) is 44.3 Å². The maximum absolute atomic E-state index is 4.95. The minimum Gasteiger partial charge on any atom is -0.369 e. The number of rotatable bonds is 8. The van der Waals surface area contributed by atoms with Gasteiger partial charge in [-0.1, -0.05) is 37.2 Å². The summed E-state index contributed by atoms with van der Waals surface area (Å²) in [6.07, 6.45) is 5.56. The Morgan fingerprint density at radius 2 is 1.79 bits per heavy atom. The lowest BCUT2D eigenvalue weighted by Crippen LogP contribution is -2.46. The van der Waals surface area contributed by atoms with E-state index < -0.39 is 0 Å². The topological polar surface area (TPSA) is 28.1 Å². The zero-order valence-electron chi connectivity index (χ0n) is 15.6. The van der Waals surface area contributed by atoms with Gasteiger partial charge in [0.05, 0.1) is 0 Å². The number of hydrogen-bond acceptors (Lipinski definition) is 4. The van der Waals surface area contributed by atoms with Crippen LogP contribution >= 0.6 is 0 Å². The lowest BCUT2D eigenvalue weighted by molar-refractivity contribution is 0.231. The summed E-state index contributed by atoms with van der Waals surface area (Å²) in [4.78, 5) is 9.99. The number of nitrogens with zero attached hydrogens (tertiary/aromatic N) is 3. The lowest BCUT2D eigenvalue weighted by atomic mass is 10.2. The van der Waals surface area contributed by atoms with Gasteiger partial charge in [-0.15, -0.1) is 0 Å². The molecule has 0 amide bonds. The second-order valence-electron chi connectivity index (χ2n) is 5.70. The zero-order valence-corrected chi connectivity index (χ0v) is 15.6. The Morgan fingerprint density at radius 3 is 2.42 bits per heavy atom. The minimum absolute atomic E-state index is 0.839. The van der Waals surface area contributed by atoms with Crippen molar-refractivity contribution in [1.82, 2.24) is 4.90 Å². The molecule has 2 rings (SSSR count). The van der Waals surface area contributed by atoms with Crippen LogP contribution in [0.25, 0.3) is 0 Å². The average Bonchev–Trinajstić information content (AvgIpc) is 2.65. The average molecular weight is 332 g/mol. The van der Waals surface area contributed by atoms with Crippen molar-refractivity contribution >= 4 is 12.4 Å². The van der Waals surface area contributed by atoms with Crippen LogP contribution in [0.4, 0.5) is 5.69 Å². The molecule has 1 aliphatic heterocycles. The number of allylic oxidation sites excluding steroid dienone is 2. The molecule has 1 fully saturated rings. The number of oxime groups is 1. The summed E-state index contributed by atoms with van der Waals surface area (Å²) in [5, 5.41) is 3.41. The molecule has 0 N–H and O–H groups in total. The number of benzene rings is 1. The van der Waals surface area contributed by atoms with Gasteiger partial charge in [-0.2, -0.15) is 0 Å². The molecular formula is C20H33N3O. The van der Waals surface area contributed by atoms with Crippen LogP contribution in [0.3, 0.4) is 0 Å². The van der Waals surface area contributed by atoms with Crippen LogP contribution in [0.15, 0.2) is 47.3 Å². The van der Waals surface area contributed by atoms with Crippen LogP contribution in [0.1, 0.15) is 40.0 Å². The van der Waals surface area contributed by atoms with Crippen LogP contribution < -0.4 is 4.90 Å². The smallest absolute Gasteiger partial charge is 0.127 e. The molecule has 1 saturated heterocycles. The number of anilines is 1. The van der Waals surface area contributed by atoms with E-state index in [1.54, 1.807) is 0 Å². The molecule has 4 heteroatoms. The van der Waals surface area contributed by atoms with E-state index >= 15 is 0 Å². The molecule has 0 unspecified atom stereocenters. The third kappa shape index (κ3) is 7.64. The first kappa shape index (κ1) is 20.2. The molecule has 1 heterocycles. The Labute approximate surface area is 147 Å². The minimum atomic E-state index is 0.839. The predicted octanol–water partition coefficient (Wildman–Crippen LogP) is 4.54. The number of unbranched alkanes of at least 4 members (excludes halogenated alkanes) is 2. The van der Waals surface area contributed by atoms with E-state index in [1.807, 2.05) is 20.8 Å². The van der Waals surface area contributed by atoms with Gasteiger partial charge in [0.1, 0.15) is 5.76 Å². The second kappa shape index (κ2) is 12.6. The van der Waals surface area contributed by atoms with E-state index in [0.717, 1.165) is 38.4 Å². The van der Waals surface area contributed by atoms with Crippen molar-refractivity contribution in [2.45, 2.75) is 40.0 Å². The quantitative estimate of drug-likeness (QED) is 0.303. The Hall–Kier alpha value is -1.81. The fourth-order valence-corrected chi connectivity index (χ4v) is 2.79. The van der Waals surface area contributed by atoms with Gasteiger partial charge in [0.2, 0.25) is 0 Å². The molecule has 0 spiro atoms. The van der Waals surface area contributed by atoms with Gasteiger partial charge in [0.15, 0.2) is 0 Å². The number of hydrogen-bond donors (Lipinski definition) is 0. The van der Waals surface area contributed by atoms with Crippen molar-refractivity contribution in [2.24, 2.45) is 5.16 Å². The summed E-state index contributed by atoms with van der Waals surface area (Å²) >= 11 is 0. The van der Waals surface area contributed by atoms with Crippen LogP contribution in [-0.2, 0) is 4.84 Å². The zero-order chi connectivity index (χ0) is 17.6. The molecule has 0 radical (unpaired) electrons. The van der Waals surface area contributed by atoms with Crippen molar-refractivity contribution in [3.63, 3.8) is 0 Å². The van der Waals surface area contributed by atoms with Gasteiger partial charge in [0, 0.05) is 38.6 Å². The highest BCUT2D eigenvalue weighted by Gasteiger charge is 2.16. The van der Waals surface area contributed by atoms with Crippen molar-refractivity contribution in [3.05, 3.63) is 42.2 Å². The van der Waals surface area contributed by atoms with Gasteiger partial charge >= 0.3 is 0 Å². The summed E-state index contributed by atoms with van der Waals surface area (Å²) in [6, 6.07) is 10.7. The van der Waals surface area contributed by atoms with Crippen LogP contribution in [0.2, 0.25) is 0 Å². The SMILES string of the molecule is C=NO/C(C)=C\CCCCN1CCN(c2ccccc2)CC1.CC. The molecule has 1 aliphatic rings. The number of para-hydroxylation sites is 1. The van der Waals surface area contributed by atoms with Crippen molar-refractivity contribution < 1.29 is 4.84 Å². The molecule has 0 atom stereocenters. The van der Waals surface area contributed by atoms with Crippen molar-refractivity contribution in [1.29, 1.82) is 0 Å². The molecule has 0 bridgehead atoms. The highest BCUT2D eigenvalue weighted by atomic mass is 16.6. The standard InChI is InChI=1S/C18H27N3O.C2H6/c1-17(22-19-2)9-5-4-8-12-20-13-15-21(16-14-20)18-10-6-3-7-11-18;1-2/h3,6-7,9-11H,2,4-5,8,12-16H2,1H3;1-2H3/b17-9-;. The Kier molecular flexibility index (Phi) is 10.6. The third-order valence-electron chi connectivity index (χ3n) is 4.06. The first-order chi connectivity index (χ1) is 11.8. The monoisotopic (exact) mass is 331 g/mol. The van der Waals surface area contributed by atoms with E-state index in [1.165, 1.54) is 25.1 Å². The fourth-order valence-electron chi connectivity index (χ4n) is 2.79. The summed E-state index contributed by atoms with van der Waals surface area (Å²) in [5.41, 5.74) is 1.35. The molecule has 0 aliphatic carbocycles. The van der Waals surface area contributed by atoms with E-state index in [9.17, 15) is 0 Å². The van der Waals surface area contributed by atoms with Gasteiger partial charge in [-0.3, -0.25) is 4.90 Å². The summed E-state index contributed by atoms with van der Waals surface area (Å²) in [5.74, 6) is 0.839. The maximum atomic E-state index is 4.95. The Morgan fingerprint density at radius 1 is 1.12 bits per heavy atom. The number of piperazine rings is 1. The van der Waals surface area contributed by atoms with Gasteiger partial charge in [0.25, 0.3) is 0 Å². The summed E-state index contributed by atoms with van der Waals surface area (Å²) in [7, 11) is 0. The molecular weight excluding hydrogens is 298 g/mol. The molecule has 1 aromatic carbocycles. The third-order valence-corrected chi connectivity index (χ3v) is 4.06. The first-order valence-corrected chi connectivity index (χ1v) is 9.12. The Balaban J connectivity index is 0.00000139. The highest BCUT2D eigenvalue weighted by molar-refractivity contribution is 5.46. The maximum Gasteiger partial charge on any atom is 0.127 e. The first-order valence-electron chi connectivity index (χ1n) is 9.12. The van der Waals surface area contributed by atoms with E-state index in [2.05, 4.69) is 58.1 Å². The molecule has 134 valence electrons. The predicted molar refractivity (Wildman–Crippen MR) is 105 cm³/mol. The Bertz CT molecular complexity index is 465. The largest absolute Gasteiger partial charge is 0.369 e. The van der Waals surface area contributed by atoms with Gasteiger partial charge in [-0.25, -0.2) is 0 Å². The fraction of sp³-hybridized carbons (Fsp3) is 0.550. The highest BCUT2D eigenvalue weighted by Crippen LogP contribution is 2.15. The molecule has 1 aromatic rings. The van der Waals surface area contributed by atoms with Crippen molar-refractivity contribution in [3.8, 4) is 0 Å². The summed E-state index contributed by atoms with van der Waals surface area (Å²) < 4.78 is 0. The van der Waals surface area contributed by atoms with E-state index in [4.69, 9.17) is 4.84 Å². The van der Waals surface area contributed by atoms with Gasteiger partial charge < -0.3 is 9.74 Å². The van der Waals surface area contributed by atoms with Crippen LogP contribution in [0, 0.1) is 0 Å². The second-order valence-corrected chi connectivity index (χ2v) is 5.70. The molecule has 0 aromatic heterocycles. The molecule has 0 saturated carbocycles. The van der Waals surface area contributed by atoms with Crippen LogP contribution in [0.5, 0.6) is 0 Å². The summed E-state index contributed by atoms with van der Waals surface area (Å²) in [6.45, 7) is 15.0.